The normalized spacial score (nSPS) is 12.1. The van der Waals surface area contributed by atoms with E-state index in [0.29, 0.717) is 5.92 Å². The summed E-state index contributed by atoms with van der Waals surface area (Å²) < 4.78 is 0. The summed E-state index contributed by atoms with van der Waals surface area (Å²) in [5, 5.41) is 5.64. The number of hydrogen-bond acceptors (Lipinski definition) is 2. The molecule has 0 aliphatic rings. The summed E-state index contributed by atoms with van der Waals surface area (Å²) in [6.45, 7) is 4.20. The quantitative estimate of drug-likeness (QED) is 0.713. The molecule has 4 heteroatoms. The Morgan fingerprint density at radius 3 is 2.19 bits per heavy atom. The van der Waals surface area contributed by atoms with E-state index in [1.807, 2.05) is 60.7 Å². The van der Waals surface area contributed by atoms with E-state index in [2.05, 4.69) is 24.5 Å². The predicted molar refractivity (Wildman–Crippen MR) is 105 cm³/mol. The summed E-state index contributed by atoms with van der Waals surface area (Å²) in [4.78, 5) is 24.1. The van der Waals surface area contributed by atoms with Crippen LogP contribution in [0, 0.1) is 5.92 Å². The molecule has 0 fully saturated rings. The summed E-state index contributed by atoms with van der Waals surface area (Å²) in [5.74, 6) is -0.0333. The summed E-state index contributed by atoms with van der Waals surface area (Å²) >= 11 is 0. The molecule has 0 bridgehead atoms. The summed E-state index contributed by atoms with van der Waals surface area (Å²) in [6, 6.07) is 19.4. The van der Waals surface area contributed by atoms with E-state index >= 15 is 0 Å². The minimum Gasteiger partial charge on any atom is -0.348 e. The lowest BCUT2D eigenvalue weighted by Gasteiger charge is -2.21. The molecule has 26 heavy (non-hydrogen) atoms. The first-order valence-electron chi connectivity index (χ1n) is 8.90. The number of nitrogens with one attached hydrogen (secondary N) is 2. The van der Waals surface area contributed by atoms with Crippen molar-refractivity contribution in [3.8, 4) is 0 Å². The van der Waals surface area contributed by atoms with Crippen LogP contribution in [0.1, 0.15) is 37.4 Å². The van der Waals surface area contributed by atoms with Gasteiger partial charge in [-0.05, 0) is 29.5 Å². The van der Waals surface area contributed by atoms with Crippen molar-refractivity contribution in [2.75, 3.05) is 6.54 Å². The molecule has 0 saturated heterocycles. The van der Waals surface area contributed by atoms with Gasteiger partial charge < -0.3 is 10.6 Å². The first kappa shape index (κ1) is 19.4. The molecule has 2 aromatic carbocycles. The van der Waals surface area contributed by atoms with E-state index < -0.39 is 0 Å². The van der Waals surface area contributed by atoms with E-state index in [0.717, 1.165) is 17.5 Å². The topological polar surface area (TPSA) is 58.2 Å². The first-order valence-corrected chi connectivity index (χ1v) is 8.90. The van der Waals surface area contributed by atoms with Gasteiger partial charge >= 0.3 is 0 Å². The maximum Gasteiger partial charge on any atom is 0.244 e. The number of amides is 2. The molecular weight excluding hydrogens is 324 g/mol. The Bertz CT molecular complexity index is 724. The van der Waals surface area contributed by atoms with Crippen molar-refractivity contribution in [3.05, 3.63) is 77.9 Å². The molecule has 0 aromatic heterocycles. The van der Waals surface area contributed by atoms with Gasteiger partial charge in [0.2, 0.25) is 11.8 Å². The molecule has 2 N–H and O–H groups in total. The van der Waals surface area contributed by atoms with Crippen molar-refractivity contribution in [2.45, 2.75) is 26.3 Å². The molecule has 0 aliphatic heterocycles. The van der Waals surface area contributed by atoms with Crippen molar-refractivity contribution in [1.29, 1.82) is 0 Å². The van der Waals surface area contributed by atoms with E-state index in [9.17, 15) is 9.59 Å². The number of carbonyl (C=O) groups excluding carboxylic acids is 2. The van der Waals surface area contributed by atoms with Crippen LogP contribution < -0.4 is 10.6 Å². The molecule has 0 saturated carbocycles. The summed E-state index contributed by atoms with van der Waals surface area (Å²) in [5.41, 5.74) is 2.01. The third-order valence-corrected chi connectivity index (χ3v) is 3.89. The Labute approximate surface area is 155 Å². The van der Waals surface area contributed by atoms with Gasteiger partial charge in [-0.15, -0.1) is 0 Å². The maximum atomic E-state index is 12.2. The molecule has 0 spiro atoms. The van der Waals surface area contributed by atoms with Gasteiger partial charge in [0, 0.05) is 6.08 Å². The smallest absolute Gasteiger partial charge is 0.244 e. The Hall–Kier alpha value is -2.88. The summed E-state index contributed by atoms with van der Waals surface area (Å²) in [6.07, 6.45) is 4.00. The van der Waals surface area contributed by atoms with Crippen LogP contribution in [-0.2, 0) is 9.59 Å². The molecule has 0 heterocycles. The lowest BCUT2D eigenvalue weighted by atomic mass is 9.97. The minimum absolute atomic E-state index is 0.0423. The molecule has 0 aliphatic carbocycles. The highest BCUT2D eigenvalue weighted by molar-refractivity contribution is 5.94. The van der Waals surface area contributed by atoms with Crippen LogP contribution >= 0.6 is 0 Å². The molecule has 2 aromatic rings. The van der Waals surface area contributed by atoms with Crippen molar-refractivity contribution in [1.82, 2.24) is 10.6 Å². The van der Waals surface area contributed by atoms with E-state index in [-0.39, 0.29) is 24.4 Å². The number of hydrogen-bond donors (Lipinski definition) is 2. The van der Waals surface area contributed by atoms with E-state index in [4.69, 9.17) is 0 Å². The molecular formula is C22H26N2O2. The van der Waals surface area contributed by atoms with Crippen molar-refractivity contribution < 1.29 is 9.59 Å². The minimum atomic E-state index is -0.288. The van der Waals surface area contributed by atoms with Crippen LogP contribution in [0.2, 0.25) is 0 Å². The van der Waals surface area contributed by atoms with Crippen molar-refractivity contribution in [3.63, 3.8) is 0 Å². The molecule has 4 nitrogen and oxygen atoms in total. The fourth-order valence-corrected chi connectivity index (χ4v) is 2.64. The third-order valence-electron chi connectivity index (χ3n) is 3.89. The van der Waals surface area contributed by atoms with Crippen LogP contribution in [0.3, 0.4) is 0 Å². The Balaban J connectivity index is 1.85. The molecule has 2 rings (SSSR count). The van der Waals surface area contributed by atoms with Crippen LogP contribution in [0.5, 0.6) is 0 Å². The zero-order valence-electron chi connectivity index (χ0n) is 15.3. The fourth-order valence-electron chi connectivity index (χ4n) is 2.64. The summed E-state index contributed by atoms with van der Waals surface area (Å²) in [7, 11) is 0. The standard InChI is InChI=1S/C22H26N2O2/c1-17(2)15-20(19-11-7-4-8-12-19)24-22(26)16-23-21(25)14-13-18-9-5-3-6-10-18/h3-14,17,20H,15-16H2,1-2H3,(H,23,25)(H,24,26)/b14-13+. The highest BCUT2D eigenvalue weighted by Crippen LogP contribution is 2.20. The van der Waals surface area contributed by atoms with Gasteiger partial charge in [0.15, 0.2) is 0 Å². The van der Waals surface area contributed by atoms with Crippen LogP contribution in [0.25, 0.3) is 6.08 Å². The first-order chi connectivity index (χ1) is 12.5. The fraction of sp³-hybridized carbons (Fsp3) is 0.273. The van der Waals surface area contributed by atoms with Gasteiger partial charge in [-0.2, -0.15) is 0 Å². The van der Waals surface area contributed by atoms with Crippen LogP contribution in [-0.4, -0.2) is 18.4 Å². The van der Waals surface area contributed by atoms with Gasteiger partial charge in [0.1, 0.15) is 0 Å². The lowest BCUT2D eigenvalue weighted by Crippen LogP contribution is -2.38. The van der Waals surface area contributed by atoms with Gasteiger partial charge in [-0.3, -0.25) is 9.59 Å². The molecule has 0 radical (unpaired) electrons. The van der Waals surface area contributed by atoms with Gasteiger partial charge in [-0.25, -0.2) is 0 Å². The maximum absolute atomic E-state index is 12.2. The second-order valence-electron chi connectivity index (χ2n) is 6.62. The van der Waals surface area contributed by atoms with E-state index in [1.54, 1.807) is 6.08 Å². The SMILES string of the molecule is CC(C)CC(NC(=O)CNC(=O)/C=C/c1ccccc1)c1ccccc1. The second kappa shape index (κ2) is 10.2. The third kappa shape index (κ3) is 6.93. The number of carbonyl (C=O) groups is 2. The Morgan fingerprint density at radius 2 is 1.58 bits per heavy atom. The average Bonchev–Trinajstić information content (AvgIpc) is 2.65. The van der Waals surface area contributed by atoms with Crippen molar-refractivity contribution in [2.24, 2.45) is 5.92 Å². The van der Waals surface area contributed by atoms with Gasteiger partial charge in [-0.1, -0.05) is 74.5 Å². The average molecular weight is 350 g/mol. The monoisotopic (exact) mass is 350 g/mol. The second-order valence-corrected chi connectivity index (χ2v) is 6.62. The zero-order chi connectivity index (χ0) is 18.8. The van der Waals surface area contributed by atoms with Gasteiger partial charge in [0.25, 0.3) is 0 Å². The van der Waals surface area contributed by atoms with Crippen LogP contribution in [0.4, 0.5) is 0 Å². The zero-order valence-corrected chi connectivity index (χ0v) is 15.3. The largest absolute Gasteiger partial charge is 0.348 e. The van der Waals surface area contributed by atoms with E-state index in [1.165, 1.54) is 6.08 Å². The lowest BCUT2D eigenvalue weighted by molar-refractivity contribution is -0.124. The van der Waals surface area contributed by atoms with Crippen molar-refractivity contribution >= 4 is 17.9 Å². The predicted octanol–water partition coefficient (Wildman–Crippen LogP) is 3.72. The molecule has 1 unspecified atom stereocenters. The highest BCUT2D eigenvalue weighted by atomic mass is 16.2. The highest BCUT2D eigenvalue weighted by Gasteiger charge is 2.16. The van der Waals surface area contributed by atoms with Crippen LogP contribution in [0.15, 0.2) is 66.7 Å². The van der Waals surface area contributed by atoms with Gasteiger partial charge in [0.05, 0.1) is 12.6 Å². The Kier molecular flexibility index (Phi) is 7.62. The molecule has 2 amide bonds. The Morgan fingerprint density at radius 1 is 0.962 bits per heavy atom. The molecule has 136 valence electrons. The number of benzene rings is 2. The molecule has 1 atom stereocenters. The number of rotatable bonds is 8.